The van der Waals surface area contributed by atoms with Gasteiger partial charge >= 0.3 is 0 Å². The predicted molar refractivity (Wildman–Crippen MR) is 54.8 cm³/mol. The summed E-state index contributed by atoms with van der Waals surface area (Å²) in [6, 6.07) is 6.71. The summed E-state index contributed by atoms with van der Waals surface area (Å²) in [5, 5.41) is 17.9. The standard InChI is InChI=1S/C10H11ClN2O/c11-9-4-7(6-12)3-8(5-9)10(13)1-2-14/h3-5,10,14H,1-2,13H2/t10-/m1/s1. The van der Waals surface area contributed by atoms with Crippen molar-refractivity contribution in [2.24, 2.45) is 5.73 Å². The molecular formula is C10H11ClN2O. The molecule has 0 aliphatic carbocycles. The van der Waals surface area contributed by atoms with Crippen LogP contribution in [0.2, 0.25) is 5.02 Å². The number of halogens is 1. The van der Waals surface area contributed by atoms with Crippen LogP contribution >= 0.6 is 11.6 Å². The fourth-order valence-corrected chi connectivity index (χ4v) is 1.44. The van der Waals surface area contributed by atoms with Crippen LogP contribution in [-0.2, 0) is 0 Å². The molecule has 0 radical (unpaired) electrons. The number of aliphatic hydroxyl groups is 1. The second kappa shape index (κ2) is 4.97. The molecule has 1 aromatic carbocycles. The average molecular weight is 211 g/mol. The molecule has 0 aromatic heterocycles. The highest BCUT2D eigenvalue weighted by atomic mass is 35.5. The first-order valence-electron chi connectivity index (χ1n) is 4.24. The van der Waals surface area contributed by atoms with Gasteiger partial charge in [0.2, 0.25) is 0 Å². The van der Waals surface area contributed by atoms with E-state index in [0.717, 1.165) is 5.56 Å². The summed E-state index contributed by atoms with van der Waals surface area (Å²) < 4.78 is 0. The molecule has 0 saturated carbocycles. The van der Waals surface area contributed by atoms with Crippen molar-refractivity contribution in [1.29, 1.82) is 5.26 Å². The molecule has 74 valence electrons. The maximum Gasteiger partial charge on any atom is 0.0992 e. The van der Waals surface area contributed by atoms with Gasteiger partial charge in [0.15, 0.2) is 0 Å². The summed E-state index contributed by atoms with van der Waals surface area (Å²) in [5.41, 5.74) is 7.04. The van der Waals surface area contributed by atoms with Crippen LogP contribution < -0.4 is 5.73 Å². The van der Waals surface area contributed by atoms with Gasteiger partial charge in [0.1, 0.15) is 0 Å². The molecule has 0 spiro atoms. The number of rotatable bonds is 3. The maximum absolute atomic E-state index is 8.72. The van der Waals surface area contributed by atoms with Gasteiger partial charge in [-0.25, -0.2) is 0 Å². The third-order valence-corrected chi connectivity index (χ3v) is 2.14. The predicted octanol–water partition coefficient (Wildman–Crippen LogP) is 1.59. The van der Waals surface area contributed by atoms with Gasteiger partial charge in [0, 0.05) is 17.7 Å². The minimum Gasteiger partial charge on any atom is -0.396 e. The van der Waals surface area contributed by atoms with Crippen LogP contribution in [0.1, 0.15) is 23.6 Å². The molecule has 14 heavy (non-hydrogen) atoms. The van der Waals surface area contributed by atoms with Crippen molar-refractivity contribution >= 4 is 11.6 Å². The second-order valence-corrected chi connectivity index (χ2v) is 3.44. The zero-order chi connectivity index (χ0) is 10.6. The lowest BCUT2D eigenvalue weighted by atomic mass is 10.0. The fourth-order valence-electron chi connectivity index (χ4n) is 1.20. The number of nitrogens with zero attached hydrogens (tertiary/aromatic N) is 1. The highest BCUT2D eigenvalue weighted by Gasteiger charge is 2.07. The Balaban J connectivity index is 2.98. The molecule has 0 aliphatic rings. The van der Waals surface area contributed by atoms with E-state index < -0.39 is 0 Å². The average Bonchev–Trinajstić information content (AvgIpc) is 2.17. The van der Waals surface area contributed by atoms with Crippen LogP contribution in [0.4, 0.5) is 0 Å². The largest absolute Gasteiger partial charge is 0.396 e. The smallest absolute Gasteiger partial charge is 0.0992 e. The van der Waals surface area contributed by atoms with E-state index >= 15 is 0 Å². The van der Waals surface area contributed by atoms with Crippen LogP contribution in [0.25, 0.3) is 0 Å². The summed E-state index contributed by atoms with van der Waals surface area (Å²) >= 11 is 5.80. The van der Waals surface area contributed by atoms with Crippen LogP contribution in [-0.4, -0.2) is 11.7 Å². The summed E-state index contributed by atoms with van der Waals surface area (Å²) in [6.45, 7) is 0.0234. The Hall–Kier alpha value is -1.08. The van der Waals surface area contributed by atoms with E-state index in [0.29, 0.717) is 17.0 Å². The summed E-state index contributed by atoms with van der Waals surface area (Å²) in [5.74, 6) is 0. The van der Waals surface area contributed by atoms with E-state index in [2.05, 4.69) is 0 Å². The summed E-state index contributed by atoms with van der Waals surface area (Å²) in [6.07, 6.45) is 0.464. The van der Waals surface area contributed by atoms with Crippen molar-refractivity contribution in [3.8, 4) is 6.07 Å². The molecule has 3 nitrogen and oxygen atoms in total. The van der Waals surface area contributed by atoms with E-state index in [1.807, 2.05) is 6.07 Å². The van der Waals surface area contributed by atoms with Crippen LogP contribution in [0, 0.1) is 11.3 Å². The first-order valence-corrected chi connectivity index (χ1v) is 4.62. The van der Waals surface area contributed by atoms with Gasteiger partial charge in [-0.1, -0.05) is 11.6 Å². The van der Waals surface area contributed by atoms with Gasteiger partial charge in [-0.05, 0) is 30.2 Å². The van der Waals surface area contributed by atoms with Gasteiger partial charge < -0.3 is 10.8 Å². The Morgan fingerprint density at radius 2 is 2.21 bits per heavy atom. The van der Waals surface area contributed by atoms with Crippen molar-refractivity contribution in [3.63, 3.8) is 0 Å². The van der Waals surface area contributed by atoms with Crippen molar-refractivity contribution < 1.29 is 5.11 Å². The van der Waals surface area contributed by atoms with Gasteiger partial charge in [-0.2, -0.15) is 5.26 Å². The second-order valence-electron chi connectivity index (χ2n) is 3.00. The Morgan fingerprint density at radius 3 is 2.79 bits per heavy atom. The molecule has 0 fully saturated rings. The zero-order valence-corrected chi connectivity index (χ0v) is 8.33. The number of nitriles is 1. The lowest BCUT2D eigenvalue weighted by Crippen LogP contribution is -2.12. The molecular weight excluding hydrogens is 200 g/mol. The maximum atomic E-state index is 8.72. The number of aliphatic hydroxyl groups excluding tert-OH is 1. The SMILES string of the molecule is N#Cc1cc(Cl)cc([C@H](N)CCO)c1. The highest BCUT2D eigenvalue weighted by molar-refractivity contribution is 6.30. The molecule has 1 rings (SSSR count). The number of nitrogens with two attached hydrogens (primary N) is 1. The Kier molecular flexibility index (Phi) is 3.90. The van der Waals surface area contributed by atoms with Crippen molar-refractivity contribution in [1.82, 2.24) is 0 Å². The Labute approximate surface area is 87.7 Å². The van der Waals surface area contributed by atoms with Crippen LogP contribution in [0.15, 0.2) is 18.2 Å². The highest BCUT2D eigenvalue weighted by Crippen LogP contribution is 2.20. The third-order valence-electron chi connectivity index (χ3n) is 1.92. The first-order chi connectivity index (χ1) is 6.67. The van der Waals surface area contributed by atoms with Crippen molar-refractivity contribution in [3.05, 3.63) is 34.3 Å². The molecule has 1 atom stereocenters. The van der Waals surface area contributed by atoms with E-state index in [1.165, 1.54) is 0 Å². The topological polar surface area (TPSA) is 70.0 Å². The molecule has 0 saturated heterocycles. The van der Waals surface area contributed by atoms with Gasteiger partial charge in [0.05, 0.1) is 11.6 Å². The zero-order valence-electron chi connectivity index (χ0n) is 7.57. The molecule has 0 aliphatic heterocycles. The monoisotopic (exact) mass is 210 g/mol. The minimum absolute atomic E-state index is 0.0234. The van der Waals surface area contributed by atoms with E-state index in [4.69, 9.17) is 27.7 Å². The van der Waals surface area contributed by atoms with E-state index in [1.54, 1.807) is 18.2 Å². The van der Waals surface area contributed by atoms with E-state index in [-0.39, 0.29) is 12.6 Å². The molecule has 0 amide bonds. The van der Waals surface area contributed by atoms with Crippen LogP contribution in [0.3, 0.4) is 0 Å². The lowest BCUT2D eigenvalue weighted by Gasteiger charge is -2.10. The van der Waals surface area contributed by atoms with Crippen LogP contribution in [0.5, 0.6) is 0 Å². The molecule has 0 bridgehead atoms. The Morgan fingerprint density at radius 1 is 1.50 bits per heavy atom. The first kappa shape index (κ1) is 11.0. The fraction of sp³-hybridized carbons (Fsp3) is 0.300. The molecule has 4 heteroatoms. The quantitative estimate of drug-likeness (QED) is 0.796. The minimum atomic E-state index is -0.272. The van der Waals surface area contributed by atoms with Gasteiger partial charge in [0.25, 0.3) is 0 Å². The Bertz CT molecular complexity index is 360. The van der Waals surface area contributed by atoms with Crippen molar-refractivity contribution in [2.45, 2.75) is 12.5 Å². The van der Waals surface area contributed by atoms with E-state index in [9.17, 15) is 0 Å². The normalized spacial score (nSPS) is 12.1. The number of benzene rings is 1. The molecule has 0 unspecified atom stereocenters. The summed E-state index contributed by atoms with van der Waals surface area (Å²) in [4.78, 5) is 0. The lowest BCUT2D eigenvalue weighted by molar-refractivity contribution is 0.276. The van der Waals surface area contributed by atoms with Crippen molar-refractivity contribution in [2.75, 3.05) is 6.61 Å². The molecule has 1 aromatic rings. The van der Waals surface area contributed by atoms with Gasteiger partial charge in [-0.15, -0.1) is 0 Å². The number of hydrogen-bond donors (Lipinski definition) is 2. The number of hydrogen-bond acceptors (Lipinski definition) is 3. The third kappa shape index (κ3) is 2.71. The summed E-state index contributed by atoms with van der Waals surface area (Å²) in [7, 11) is 0. The molecule has 0 heterocycles. The molecule has 3 N–H and O–H groups in total. The van der Waals surface area contributed by atoms with Gasteiger partial charge in [-0.3, -0.25) is 0 Å².